The lowest BCUT2D eigenvalue weighted by atomic mass is 9.93. The number of aliphatic hydroxyl groups excluding tert-OH is 1. The van der Waals surface area contributed by atoms with Crippen LogP contribution in [0.2, 0.25) is 5.02 Å². The minimum absolute atomic E-state index is 0.170. The van der Waals surface area contributed by atoms with Gasteiger partial charge in [0.2, 0.25) is 11.7 Å². The van der Waals surface area contributed by atoms with Crippen molar-refractivity contribution in [2.75, 3.05) is 6.54 Å². The molecule has 1 fully saturated rings. The zero-order valence-corrected chi connectivity index (χ0v) is 15.5. The second-order valence-corrected chi connectivity index (χ2v) is 6.80. The van der Waals surface area contributed by atoms with E-state index in [0.29, 0.717) is 22.8 Å². The van der Waals surface area contributed by atoms with E-state index in [1.165, 1.54) is 0 Å². The van der Waals surface area contributed by atoms with Gasteiger partial charge in [0.05, 0.1) is 6.10 Å². The molecule has 0 spiro atoms. The first kappa shape index (κ1) is 18.7. The van der Waals surface area contributed by atoms with Gasteiger partial charge in [-0.3, -0.25) is 0 Å². The molecule has 3 N–H and O–H groups in total. The van der Waals surface area contributed by atoms with Gasteiger partial charge in [-0.1, -0.05) is 28.9 Å². The van der Waals surface area contributed by atoms with E-state index in [0.717, 1.165) is 43.8 Å². The van der Waals surface area contributed by atoms with Crippen LogP contribution in [0, 0.1) is 0 Å². The summed E-state index contributed by atoms with van der Waals surface area (Å²) in [7, 11) is 0. The molecule has 1 heterocycles. The summed E-state index contributed by atoms with van der Waals surface area (Å²) in [6, 6.07) is 7.64. The number of nitrogens with one attached hydrogen (secondary N) is 2. The van der Waals surface area contributed by atoms with Crippen LogP contribution in [0.25, 0.3) is 11.4 Å². The standard InChI is InChI=1S/C18H24ClN5O2/c1-2-20-18(22-14-6-8-15(25)9-7-14)21-11-16-23-17(24-26-16)12-4-3-5-13(19)10-12/h3-5,10,14-15,25H,2,6-9,11H2,1H3,(H2,20,21,22). The molecular formula is C18H24ClN5O2. The molecule has 1 aromatic carbocycles. The molecule has 140 valence electrons. The Morgan fingerprint density at radius 2 is 2.15 bits per heavy atom. The number of aliphatic hydroxyl groups is 1. The molecular weight excluding hydrogens is 354 g/mol. The molecule has 0 atom stereocenters. The Labute approximate surface area is 157 Å². The molecule has 2 aromatic rings. The molecule has 1 aromatic heterocycles. The largest absolute Gasteiger partial charge is 0.393 e. The number of guanidine groups is 1. The highest BCUT2D eigenvalue weighted by Gasteiger charge is 2.20. The van der Waals surface area contributed by atoms with Gasteiger partial charge in [-0.25, -0.2) is 4.99 Å². The zero-order chi connectivity index (χ0) is 18.4. The second kappa shape index (κ2) is 9.00. The van der Waals surface area contributed by atoms with Gasteiger partial charge in [-0.2, -0.15) is 4.98 Å². The molecule has 1 aliphatic rings. The third-order valence-corrected chi connectivity index (χ3v) is 4.54. The molecule has 0 radical (unpaired) electrons. The maximum absolute atomic E-state index is 9.62. The Bertz CT molecular complexity index is 741. The number of aromatic nitrogens is 2. The number of halogens is 1. The number of nitrogens with zero attached hydrogens (tertiary/aromatic N) is 3. The molecule has 7 nitrogen and oxygen atoms in total. The van der Waals surface area contributed by atoms with Gasteiger partial charge in [0, 0.05) is 23.2 Å². The summed E-state index contributed by atoms with van der Waals surface area (Å²) in [6.45, 7) is 3.07. The lowest BCUT2D eigenvalue weighted by Gasteiger charge is -2.27. The van der Waals surface area contributed by atoms with Gasteiger partial charge in [-0.15, -0.1) is 0 Å². The molecule has 0 aliphatic heterocycles. The fraction of sp³-hybridized carbons (Fsp3) is 0.500. The Morgan fingerprint density at radius 3 is 2.88 bits per heavy atom. The second-order valence-electron chi connectivity index (χ2n) is 6.37. The molecule has 3 rings (SSSR count). The highest BCUT2D eigenvalue weighted by molar-refractivity contribution is 6.30. The predicted octanol–water partition coefficient (Wildman–Crippen LogP) is 2.75. The first-order chi connectivity index (χ1) is 12.6. The maximum Gasteiger partial charge on any atom is 0.248 e. The molecule has 0 amide bonds. The lowest BCUT2D eigenvalue weighted by Crippen LogP contribution is -2.45. The van der Waals surface area contributed by atoms with Gasteiger partial charge >= 0.3 is 0 Å². The van der Waals surface area contributed by atoms with E-state index in [4.69, 9.17) is 16.1 Å². The average Bonchev–Trinajstić information content (AvgIpc) is 3.11. The summed E-state index contributed by atoms with van der Waals surface area (Å²) in [5, 5.41) is 20.9. The van der Waals surface area contributed by atoms with Crippen LogP contribution in [0.3, 0.4) is 0 Å². The highest BCUT2D eigenvalue weighted by Crippen LogP contribution is 2.20. The van der Waals surface area contributed by atoms with E-state index >= 15 is 0 Å². The van der Waals surface area contributed by atoms with E-state index < -0.39 is 0 Å². The first-order valence-corrected chi connectivity index (χ1v) is 9.33. The summed E-state index contributed by atoms with van der Waals surface area (Å²) in [5.74, 6) is 1.66. The number of benzene rings is 1. The molecule has 1 saturated carbocycles. The summed E-state index contributed by atoms with van der Waals surface area (Å²) in [6.07, 6.45) is 3.35. The van der Waals surface area contributed by atoms with Gasteiger partial charge < -0.3 is 20.3 Å². The Morgan fingerprint density at radius 1 is 1.35 bits per heavy atom. The van der Waals surface area contributed by atoms with Crippen molar-refractivity contribution in [3.05, 3.63) is 35.2 Å². The third-order valence-electron chi connectivity index (χ3n) is 4.31. The van der Waals surface area contributed by atoms with E-state index in [-0.39, 0.29) is 12.6 Å². The van der Waals surface area contributed by atoms with E-state index in [1.807, 2.05) is 19.1 Å². The molecule has 1 aliphatic carbocycles. The van der Waals surface area contributed by atoms with Gasteiger partial charge in [0.15, 0.2) is 5.96 Å². The van der Waals surface area contributed by atoms with Gasteiger partial charge in [0.1, 0.15) is 6.54 Å². The van der Waals surface area contributed by atoms with Crippen LogP contribution < -0.4 is 10.6 Å². The summed E-state index contributed by atoms with van der Waals surface area (Å²) >= 11 is 6.00. The SMILES string of the molecule is CCNC(=NCc1nc(-c2cccc(Cl)c2)no1)NC1CCC(O)CC1. The van der Waals surface area contributed by atoms with Crippen molar-refractivity contribution in [1.82, 2.24) is 20.8 Å². The van der Waals surface area contributed by atoms with Crippen LogP contribution in [-0.4, -0.2) is 39.9 Å². The average molecular weight is 378 g/mol. The van der Waals surface area contributed by atoms with Crippen LogP contribution in [0.5, 0.6) is 0 Å². The monoisotopic (exact) mass is 377 g/mol. The minimum Gasteiger partial charge on any atom is -0.393 e. The molecule has 8 heteroatoms. The summed E-state index contributed by atoms with van der Waals surface area (Å²) < 4.78 is 5.29. The number of hydrogen-bond acceptors (Lipinski definition) is 5. The van der Waals surface area contributed by atoms with Crippen LogP contribution in [-0.2, 0) is 6.54 Å². The van der Waals surface area contributed by atoms with Crippen LogP contribution in [0.15, 0.2) is 33.8 Å². The highest BCUT2D eigenvalue weighted by atomic mass is 35.5. The van der Waals surface area contributed by atoms with E-state index in [1.54, 1.807) is 12.1 Å². The van der Waals surface area contributed by atoms with Gasteiger partial charge in [-0.05, 0) is 44.7 Å². The summed E-state index contributed by atoms with van der Waals surface area (Å²) in [4.78, 5) is 8.91. The fourth-order valence-corrected chi connectivity index (χ4v) is 3.13. The van der Waals surface area contributed by atoms with Crippen molar-refractivity contribution >= 4 is 17.6 Å². The van der Waals surface area contributed by atoms with Crippen LogP contribution in [0.1, 0.15) is 38.5 Å². The molecule has 0 unspecified atom stereocenters. The van der Waals surface area contributed by atoms with Crippen LogP contribution in [0.4, 0.5) is 0 Å². The fourth-order valence-electron chi connectivity index (χ4n) is 2.94. The number of hydrogen-bond donors (Lipinski definition) is 3. The lowest BCUT2D eigenvalue weighted by molar-refractivity contribution is 0.120. The Balaban J connectivity index is 1.62. The van der Waals surface area contributed by atoms with Crippen molar-refractivity contribution < 1.29 is 9.63 Å². The molecule has 26 heavy (non-hydrogen) atoms. The predicted molar refractivity (Wildman–Crippen MR) is 101 cm³/mol. The van der Waals surface area contributed by atoms with Crippen molar-refractivity contribution in [1.29, 1.82) is 0 Å². The van der Waals surface area contributed by atoms with E-state index in [2.05, 4.69) is 25.8 Å². The first-order valence-electron chi connectivity index (χ1n) is 8.95. The molecule has 0 saturated heterocycles. The number of aliphatic imine (C=N–C) groups is 1. The quantitative estimate of drug-likeness (QED) is 0.547. The number of rotatable bonds is 5. The zero-order valence-electron chi connectivity index (χ0n) is 14.8. The van der Waals surface area contributed by atoms with Crippen molar-refractivity contribution in [2.24, 2.45) is 4.99 Å². The maximum atomic E-state index is 9.62. The Hall–Kier alpha value is -2.12. The third kappa shape index (κ3) is 5.19. The Kier molecular flexibility index (Phi) is 6.46. The summed E-state index contributed by atoms with van der Waals surface area (Å²) in [5.41, 5.74) is 0.808. The molecule has 0 bridgehead atoms. The normalized spacial score (nSPS) is 20.8. The van der Waals surface area contributed by atoms with Crippen molar-refractivity contribution in [3.8, 4) is 11.4 Å². The minimum atomic E-state index is -0.170. The van der Waals surface area contributed by atoms with E-state index in [9.17, 15) is 5.11 Å². The topological polar surface area (TPSA) is 95.6 Å². The van der Waals surface area contributed by atoms with Crippen molar-refractivity contribution in [2.45, 2.75) is 51.3 Å². The van der Waals surface area contributed by atoms with Gasteiger partial charge in [0.25, 0.3) is 0 Å². The van der Waals surface area contributed by atoms with Crippen LogP contribution >= 0.6 is 11.6 Å². The van der Waals surface area contributed by atoms with Crippen molar-refractivity contribution in [3.63, 3.8) is 0 Å². The smallest absolute Gasteiger partial charge is 0.248 e.